The zero-order chi connectivity index (χ0) is 13.4. The van der Waals surface area contributed by atoms with Crippen molar-refractivity contribution in [3.63, 3.8) is 0 Å². The average Bonchev–Trinajstić information content (AvgIpc) is 2.28. The highest BCUT2D eigenvalue weighted by atomic mass is 32.2. The van der Waals surface area contributed by atoms with Crippen molar-refractivity contribution < 1.29 is 23.6 Å². The predicted molar refractivity (Wildman–Crippen MR) is 64.2 cm³/mol. The number of hydrogen-bond acceptors (Lipinski definition) is 4. The molecular formula is C10H19NO5S. The number of carbonyl (C=O) groups is 2. The third-order valence-corrected chi connectivity index (χ3v) is 4.26. The summed E-state index contributed by atoms with van der Waals surface area (Å²) < 4.78 is 16.6. The van der Waals surface area contributed by atoms with Gasteiger partial charge in [-0.05, 0) is 13.3 Å². The molecule has 0 aromatic carbocycles. The van der Waals surface area contributed by atoms with Gasteiger partial charge in [0.25, 0.3) is 0 Å². The monoisotopic (exact) mass is 265 g/mol. The topological polar surface area (TPSA) is 92.7 Å². The van der Waals surface area contributed by atoms with Crippen LogP contribution >= 0.6 is 0 Å². The Labute approximate surface area is 103 Å². The summed E-state index contributed by atoms with van der Waals surface area (Å²) >= 11 is 0. The van der Waals surface area contributed by atoms with Crippen molar-refractivity contribution >= 4 is 22.7 Å². The van der Waals surface area contributed by atoms with E-state index in [9.17, 15) is 13.8 Å². The van der Waals surface area contributed by atoms with Crippen LogP contribution in [0.3, 0.4) is 0 Å². The van der Waals surface area contributed by atoms with Crippen LogP contribution in [0.25, 0.3) is 0 Å². The average molecular weight is 265 g/mol. The Morgan fingerprint density at radius 2 is 2.06 bits per heavy atom. The fraction of sp³-hybridized carbons (Fsp3) is 0.800. The number of aliphatic carboxylic acids is 1. The minimum absolute atomic E-state index is 0.234. The van der Waals surface area contributed by atoms with E-state index in [0.717, 1.165) is 0 Å². The molecule has 0 saturated heterocycles. The fourth-order valence-corrected chi connectivity index (χ4v) is 2.52. The zero-order valence-electron chi connectivity index (χ0n) is 10.3. The van der Waals surface area contributed by atoms with Crippen LogP contribution in [-0.2, 0) is 25.1 Å². The quantitative estimate of drug-likeness (QED) is 0.590. The van der Waals surface area contributed by atoms with E-state index in [2.05, 4.69) is 5.32 Å². The van der Waals surface area contributed by atoms with Gasteiger partial charge in [0.05, 0.1) is 6.61 Å². The molecule has 0 saturated carbocycles. The fourth-order valence-electron chi connectivity index (χ4n) is 1.21. The lowest BCUT2D eigenvalue weighted by atomic mass is 10.3. The van der Waals surface area contributed by atoms with E-state index in [4.69, 9.17) is 9.84 Å². The van der Waals surface area contributed by atoms with Gasteiger partial charge in [-0.2, -0.15) is 0 Å². The maximum Gasteiger partial charge on any atom is 0.319 e. The first-order valence-electron chi connectivity index (χ1n) is 5.34. The SMILES string of the molecule is CCC(C(=O)O)S(=O)C(C)C(=O)NCCOC. The molecule has 100 valence electrons. The molecule has 1 amide bonds. The van der Waals surface area contributed by atoms with Crippen molar-refractivity contribution in [1.82, 2.24) is 5.32 Å². The van der Waals surface area contributed by atoms with Crippen LogP contribution in [0.15, 0.2) is 0 Å². The molecule has 17 heavy (non-hydrogen) atoms. The maximum absolute atomic E-state index is 11.8. The Hall–Kier alpha value is -0.950. The summed E-state index contributed by atoms with van der Waals surface area (Å²) in [6.45, 7) is 3.78. The first kappa shape index (κ1) is 16.1. The lowest BCUT2D eigenvalue weighted by molar-refractivity contribution is -0.136. The molecule has 3 atom stereocenters. The molecule has 0 rings (SSSR count). The first-order valence-corrected chi connectivity index (χ1v) is 6.62. The summed E-state index contributed by atoms with van der Waals surface area (Å²) in [5, 5.41) is 9.53. The molecule has 0 aliphatic heterocycles. The van der Waals surface area contributed by atoms with Gasteiger partial charge in [-0.25, -0.2) is 0 Å². The molecule has 7 heteroatoms. The van der Waals surface area contributed by atoms with E-state index in [1.54, 1.807) is 6.92 Å². The standard InChI is InChI=1S/C10H19NO5S/c1-4-8(10(13)14)17(15)7(2)9(12)11-5-6-16-3/h7-8H,4-6H2,1-3H3,(H,11,12)(H,13,14). The van der Waals surface area contributed by atoms with Crippen LogP contribution in [0.5, 0.6) is 0 Å². The summed E-state index contributed by atoms with van der Waals surface area (Å²) in [6, 6.07) is 0. The molecule has 0 aromatic rings. The molecule has 0 radical (unpaired) electrons. The largest absolute Gasteiger partial charge is 0.480 e. The van der Waals surface area contributed by atoms with Gasteiger partial charge in [-0.3, -0.25) is 13.8 Å². The van der Waals surface area contributed by atoms with Gasteiger partial charge in [-0.15, -0.1) is 0 Å². The summed E-state index contributed by atoms with van der Waals surface area (Å²) in [4.78, 5) is 22.4. The number of ether oxygens (including phenoxy) is 1. The van der Waals surface area contributed by atoms with Gasteiger partial charge < -0.3 is 15.2 Å². The van der Waals surface area contributed by atoms with Gasteiger partial charge in [0.1, 0.15) is 10.5 Å². The lowest BCUT2D eigenvalue weighted by Gasteiger charge is -2.16. The highest BCUT2D eigenvalue weighted by Gasteiger charge is 2.30. The minimum atomic E-state index is -1.72. The third-order valence-electron chi connectivity index (χ3n) is 2.25. The number of methoxy groups -OCH3 is 1. The summed E-state index contributed by atoms with van der Waals surface area (Å²) in [6.07, 6.45) is 0.234. The predicted octanol–water partition coefficient (Wildman–Crippen LogP) is -0.251. The van der Waals surface area contributed by atoms with Crippen LogP contribution in [0.1, 0.15) is 20.3 Å². The normalized spacial score (nSPS) is 15.9. The maximum atomic E-state index is 11.8. The van der Waals surface area contributed by atoms with E-state index >= 15 is 0 Å². The number of carboxylic acid groups (broad SMARTS) is 1. The van der Waals surface area contributed by atoms with Crippen molar-refractivity contribution in [2.75, 3.05) is 20.3 Å². The second kappa shape index (κ2) is 8.19. The van der Waals surface area contributed by atoms with Crippen molar-refractivity contribution in [2.24, 2.45) is 0 Å². The van der Waals surface area contributed by atoms with E-state index in [1.807, 2.05) is 0 Å². The van der Waals surface area contributed by atoms with Crippen LogP contribution < -0.4 is 5.32 Å². The number of carbonyl (C=O) groups excluding carboxylic acids is 1. The number of amides is 1. The molecule has 2 N–H and O–H groups in total. The third kappa shape index (κ3) is 5.27. The van der Waals surface area contributed by atoms with Gasteiger partial charge >= 0.3 is 5.97 Å². The molecule has 0 aliphatic rings. The highest BCUT2D eigenvalue weighted by molar-refractivity contribution is 7.87. The zero-order valence-corrected chi connectivity index (χ0v) is 11.1. The van der Waals surface area contributed by atoms with Crippen molar-refractivity contribution in [1.29, 1.82) is 0 Å². The van der Waals surface area contributed by atoms with Crippen LogP contribution in [0.4, 0.5) is 0 Å². The Morgan fingerprint density at radius 1 is 1.47 bits per heavy atom. The molecule has 0 aliphatic carbocycles. The molecule has 0 heterocycles. The molecule has 0 spiro atoms. The number of carboxylic acids is 1. The number of hydrogen-bond donors (Lipinski definition) is 2. The van der Waals surface area contributed by atoms with Crippen molar-refractivity contribution in [3.8, 4) is 0 Å². The second-order valence-corrected chi connectivity index (χ2v) is 5.42. The van der Waals surface area contributed by atoms with Gasteiger partial charge in [0, 0.05) is 24.5 Å². The summed E-state index contributed by atoms with van der Waals surface area (Å²) in [7, 11) is -0.215. The molecule has 0 fully saturated rings. The molecule has 0 aromatic heterocycles. The van der Waals surface area contributed by atoms with Gasteiger partial charge in [-0.1, -0.05) is 6.92 Å². The summed E-state index contributed by atoms with van der Waals surface area (Å²) in [5.41, 5.74) is 0. The van der Waals surface area contributed by atoms with Crippen molar-refractivity contribution in [3.05, 3.63) is 0 Å². The first-order chi connectivity index (χ1) is 7.95. The van der Waals surface area contributed by atoms with E-state index in [0.29, 0.717) is 13.2 Å². The van der Waals surface area contributed by atoms with Gasteiger partial charge in [0.2, 0.25) is 5.91 Å². The van der Waals surface area contributed by atoms with Crippen LogP contribution in [0.2, 0.25) is 0 Å². The number of rotatable bonds is 8. The highest BCUT2D eigenvalue weighted by Crippen LogP contribution is 2.08. The van der Waals surface area contributed by atoms with E-state index in [1.165, 1.54) is 14.0 Å². The Morgan fingerprint density at radius 3 is 2.47 bits per heavy atom. The number of nitrogens with one attached hydrogen (secondary N) is 1. The molecule has 3 unspecified atom stereocenters. The van der Waals surface area contributed by atoms with Crippen LogP contribution in [-0.4, -0.2) is 52.0 Å². The van der Waals surface area contributed by atoms with E-state index < -0.39 is 33.2 Å². The molecule has 6 nitrogen and oxygen atoms in total. The van der Waals surface area contributed by atoms with Crippen LogP contribution in [0, 0.1) is 0 Å². The smallest absolute Gasteiger partial charge is 0.319 e. The van der Waals surface area contributed by atoms with Gasteiger partial charge in [0.15, 0.2) is 0 Å². The van der Waals surface area contributed by atoms with Crippen molar-refractivity contribution in [2.45, 2.75) is 30.8 Å². The summed E-state index contributed by atoms with van der Waals surface area (Å²) in [5.74, 6) is -1.55. The Balaban J connectivity index is 4.37. The Bertz CT molecular complexity index is 294. The lowest BCUT2D eigenvalue weighted by Crippen LogP contribution is -2.41. The Kier molecular flexibility index (Phi) is 7.73. The minimum Gasteiger partial charge on any atom is -0.480 e. The molecular weight excluding hydrogens is 246 g/mol. The molecule has 0 bridgehead atoms. The second-order valence-electron chi connectivity index (χ2n) is 3.49. The van der Waals surface area contributed by atoms with E-state index in [-0.39, 0.29) is 6.42 Å².